The molecule has 0 radical (unpaired) electrons. The van der Waals surface area contributed by atoms with Crippen molar-refractivity contribution in [2.45, 2.75) is 0 Å². The molecular weight excluding hydrogens is 192 g/mol. The van der Waals surface area contributed by atoms with Crippen LogP contribution in [0.4, 0.5) is 11.6 Å². The van der Waals surface area contributed by atoms with Gasteiger partial charge in [0.2, 0.25) is 5.95 Å². The fraction of sp³-hybridized carbons (Fsp3) is 0. The Morgan fingerprint density at radius 2 is 1.93 bits per heavy atom. The standard InChI is InChI=1S/C10H10N4O/c11-6-1-2-9(15)7(5-6)8-3-4-13-10(12)14-8/h1-5,15H,11H2,(H2,12,13,14). The van der Waals surface area contributed by atoms with Gasteiger partial charge in [0.25, 0.3) is 0 Å². The number of nitrogen functional groups attached to an aromatic ring is 2. The van der Waals surface area contributed by atoms with Crippen LogP contribution in [0.5, 0.6) is 5.75 Å². The minimum atomic E-state index is 0.113. The Morgan fingerprint density at radius 3 is 2.67 bits per heavy atom. The Labute approximate surface area is 86.4 Å². The van der Waals surface area contributed by atoms with Crippen molar-refractivity contribution in [3.05, 3.63) is 30.5 Å². The third kappa shape index (κ3) is 1.80. The van der Waals surface area contributed by atoms with Crippen molar-refractivity contribution in [3.63, 3.8) is 0 Å². The summed E-state index contributed by atoms with van der Waals surface area (Å²) in [5, 5.41) is 9.62. The highest BCUT2D eigenvalue weighted by molar-refractivity contribution is 5.71. The summed E-state index contributed by atoms with van der Waals surface area (Å²) in [6, 6.07) is 6.42. The van der Waals surface area contributed by atoms with E-state index in [0.29, 0.717) is 16.9 Å². The molecule has 1 aromatic heterocycles. The molecule has 0 aliphatic rings. The number of phenolic OH excluding ortho intramolecular Hbond substituents is 1. The van der Waals surface area contributed by atoms with Crippen molar-refractivity contribution < 1.29 is 5.11 Å². The molecule has 0 bridgehead atoms. The van der Waals surface area contributed by atoms with Gasteiger partial charge in [0, 0.05) is 17.4 Å². The highest BCUT2D eigenvalue weighted by Gasteiger charge is 2.06. The number of benzene rings is 1. The summed E-state index contributed by atoms with van der Waals surface area (Å²) in [6.45, 7) is 0. The number of nitrogens with zero attached hydrogens (tertiary/aromatic N) is 2. The van der Waals surface area contributed by atoms with Gasteiger partial charge in [-0.25, -0.2) is 9.97 Å². The summed E-state index contributed by atoms with van der Waals surface area (Å²) in [4.78, 5) is 7.77. The second kappa shape index (κ2) is 3.45. The molecule has 76 valence electrons. The fourth-order valence-electron chi connectivity index (χ4n) is 1.28. The van der Waals surface area contributed by atoms with E-state index in [2.05, 4.69) is 9.97 Å². The molecule has 0 aliphatic carbocycles. The molecule has 0 amide bonds. The van der Waals surface area contributed by atoms with Gasteiger partial charge >= 0.3 is 0 Å². The van der Waals surface area contributed by atoms with Gasteiger partial charge in [0.05, 0.1) is 5.69 Å². The minimum Gasteiger partial charge on any atom is -0.507 e. The molecule has 1 aromatic carbocycles. The Hall–Kier alpha value is -2.30. The maximum absolute atomic E-state index is 9.62. The van der Waals surface area contributed by atoms with Crippen LogP contribution in [0.1, 0.15) is 0 Å². The lowest BCUT2D eigenvalue weighted by Crippen LogP contribution is -1.95. The number of hydrogen-bond acceptors (Lipinski definition) is 5. The van der Waals surface area contributed by atoms with E-state index < -0.39 is 0 Å². The molecule has 2 rings (SSSR count). The van der Waals surface area contributed by atoms with Gasteiger partial charge in [-0.1, -0.05) is 0 Å². The zero-order valence-corrected chi connectivity index (χ0v) is 7.88. The number of nitrogens with two attached hydrogens (primary N) is 2. The average molecular weight is 202 g/mol. The van der Waals surface area contributed by atoms with Crippen LogP contribution in [0.25, 0.3) is 11.3 Å². The predicted octanol–water partition coefficient (Wildman–Crippen LogP) is 1.01. The van der Waals surface area contributed by atoms with Crippen molar-refractivity contribution in [1.82, 2.24) is 9.97 Å². The smallest absolute Gasteiger partial charge is 0.220 e. The maximum atomic E-state index is 9.62. The van der Waals surface area contributed by atoms with E-state index in [1.54, 1.807) is 18.2 Å². The Balaban J connectivity index is 2.58. The number of aromatic nitrogens is 2. The van der Waals surface area contributed by atoms with Crippen LogP contribution in [0, 0.1) is 0 Å². The van der Waals surface area contributed by atoms with Crippen LogP contribution in [-0.4, -0.2) is 15.1 Å². The van der Waals surface area contributed by atoms with E-state index in [4.69, 9.17) is 11.5 Å². The van der Waals surface area contributed by atoms with E-state index in [-0.39, 0.29) is 11.7 Å². The van der Waals surface area contributed by atoms with Crippen LogP contribution >= 0.6 is 0 Å². The van der Waals surface area contributed by atoms with Crippen LogP contribution in [0.2, 0.25) is 0 Å². The maximum Gasteiger partial charge on any atom is 0.220 e. The van der Waals surface area contributed by atoms with Gasteiger partial charge < -0.3 is 16.6 Å². The first kappa shape index (κ1) is 9.26. The van der Waals surface area contributed by atoms with Crippen molar-refractivity contribution in [2.75, 3.05) is 11.5 Å². The molecule has 0 saturated carbocycles. The Morgan fingerprint density at radius 1 is 1.13 bits per heavy atom. The highest BCUT2D eigenvalue weighted by Crippen LogP contribution is 2.29. The number of anilines is 2. The summed E-state index contributed by atoms with van der Waals surface area (Å²) in [7, 11) is 0. The largest absolute Gasteiger partial charge is 0.507 e. The summed E-state index contributed by atoms with van der Waals surface area (Å²) in [6.07, 6.45) is 1.53. The van der Waals surface area contributed by atoms with Gasteiger partial charge in [-0.3, -0.25) is 0 Å². The first-order valence-electron chi connectivity index (χ1n) is 4.34. The molecule has 0 saturated heterocycles. The molecule has 0 atom stereocenters. The fourth-order valence-corrected chi connectivity index (χ4v) is 1.28. The Kier molecular flexibility index (Phi) is 2.13. The minimum absolute atomic E-state index is 0.113. The third-order valence-electron chi connectivity index (χ3n) is 1.97. The van der Waals surface area contributed by atoms with Crippen LogP contribution in [0.3, 0.4) is 0 Å². The third-order valence-corrected chi connectivity index (χ3v) is 1.97. The summed E-state index contributed by atoms with van der Waals surface area (Å²) in [5.74, 6) is 0.275. The predicted molar refractivity (Wildman–Crippen MR) is 58.0 cm³/mol. The lowest BCUT2D eigenvalue weighted by Gasteiger charge is -2.05. The number of hydrogen-bond donors (Lipinski definition) is 3. The van der Waals surface area contributed by atoms with Gasteiger partial charge in [-0.2, -0.15) is 0 Å². The summed E-state index contributed by atoms with van der Waals surface area (Å²) in [5.41, 5.74) is 12.7. The topological polar surface area (TPSA) is 98.0 Å². The lowest BCUT2D eigenvalue weighted by atomic mass is 10.1. The van der Waals surface area contributed by atoms with E-state index in [0.717, 1.165) is 0 Å². The first-order chi connectivity index (χ1) is 7.16. The molecular formula is C10H10N4O. The summed E-state index contributed by atoms with van der Waals surface area (Å²) >= 11 is 0. The van der Waals surface area contributed by atoms with E-state index in [1.807, 2.05) is 0 Å². The zero-order valence-electron chi connectivity index (χ0n) is 7.88. The number of aromatic hydroxyl groups is 1. The van der Waals surface area contributed by atoms with Crippen LogP contribution < -0.4 is 11.5 Å². The molecule has 0 spiro atoms. The normalized spacial score (nSPS) is 10.1. The zero-order chi connectivity index (χ0) is 10.8. The molecule has 2 aromatic rings. The summed E-state index contributed by atoms with van der Waals surface area (Å²) < 4.78 is 0. The van der Waals surface area contributed by atoms with Gasteiger partial charge in [-0.15, -0.1) is 0 Å². The molecule has 5 heteroatoms. The average Bonchev–Trinajstić information content (AvgIpc) is 2.22. The molecule has 5 N–H and O–H groups in total. The molecule has 5 nitrogen and oxygen atoms in total. The van der Waals surface area contributed by atoms with E-state index in [1.165, 1.54) is 12.3 Å². The first-order valence-corrected chi connectivity index (χ1v) is 4.34. The molecule has 0 unspecified atom stereocenters. The van der Waals surface area contributed by atoms with Gasteiger partial charge in [0.15, 0.2) is 0 Å². The molecule has 0 aliphatic heterocycles. The molecule has 15 heavy (non-hydrogen) atoms. The van der Waals surface area contributed by atoms with Crippen molar-refractivity contribution in [3.8, 4) is 17.0 Å². The lowest BCUT2D eigenvalue weighted by molar-refractivity contribution is 0.477. The Bertz CT molecular complexity index is 499. The SMILES string of the molecule is Nc1ccc(O)c(-c2ccnc(N)n2)c1. The second-order valence-corrected chi connectivity index (χ2v) is 3.08. The number of phenols is 1. The van der Waals surface area contributed by atoms with Crippen molar-refractivity contribution in [1.29, 1.82) is 0 Å². The van der Waals surface area contributed by atoms with E-state index in [9.17, 15) is 5.11 Å². The quantitative estimate of drug-likeness (QED) is 0.473. The number of rotatable bonds is 1. The second-order valence-electron chi connectivity index (χ2n) is 3.08. The highest BCUT2D eigenvalue weighted by atomic mass is 16.3. The van der Waals surface area contributed by atoms with Gasteiger partial charge in [0.1, 0.15) is 5.75 Å². The van der Waals surface area contributed by atoms with Crippen molar-refractivity contribution >= 4 is 11.6 Å². The van der Waals surface area contributed by atoms with Crippen LogP contribution in [-0.2, 0) is 0 Å². The monoisotopic (exact) mass is 202 g/mol. The molecule has 0 fully saturated rings. The molecule has 1 heterocycles. The van der Waals surface area contributed by atoms with Crippen molar-refractivity contribution in [2.24, 2.45) is 0 Å². The van der Waals surface area contributed by atoms with Gasteiger partial charge in [-0.05, 0) is 24.3 Å². The van der Waals surface area contributed by atoms with E-state index >= 15 is 0 Å². The van der Waals surface area contributed by atoms with Crippen LogP contribution in [0.15, 0.2) is 30.5 Å².